The zero-order chi connectivity index (χ0) is 14.4. The second-order valence-electron chi connectivity index (χ2n) is 3.71. The topological polar surface area (TPSA) is 125 Å². The lowest BCUT2D eigenvalue weighted by Gasteiger charge is -2.24. The van der Waals surface area contributed by atoms with Crippen molar-refractivity contribution in [2.75, 3.05) is 6.61 Å². The van der Waals surface area contributed by atoms with Crippen LogP contribution in [0.15, 0.2) is 21.9 Å². The summed E-state index contributed by atoms with van der Waals surface area (Å²) in [4.78, 5) is 24.1. The summed E-state index contributed by atoms with van der Waals surface area (Å²) in [6, 6.07) is 0.800. The molecule has 9 heteroatoms. The van der Waals surface area contributed by atoms with Gasteiger partial charge >= 0.3 is 11.7 Å². The third-order valence-corrected chi connectivity index (χ3v) is 2.57. The second-order valence-corrected chi connectivity index (χ2v) is 3.71. The van der Waals surface area contributed by atoms with Crippen molar-refractivity contribution in [1.29, 1.82) is 0 Å². The summed E-state index contributed by atoms with van der Waals surface area (Å²) in [5, 5.41) is 28.1. The standard InChI is InChI=1S/C9H11FN2O6/c10-9(7(16)6(15)4(3-13)18-9)12-2-1-5(14)11-8(12)17/h1-2,4,6-7,13,15-16H,3H2,(H,11,14,17)/t4-,6-,7-,9+/m1/s1/i6D. The molecule has 8 nitrogen and oxygen atoms in total. The minimum Gasteiger partial charge on any atom is -0.394 e. The molecule has 0 aromatic carbocycles. The van der Waals surface area contributed by atoms with Crippen LogP contribution in [-0.2, 0) is 10.7 Å². The Bertz CT molecular complexity index is 601. The molecule has 0 unspecified atom stereocenters. The predicted molar refractivity (Wildman–Crippen MR) is 54.4 cm³/mol. The number of aliphatic hydroxyl groups is 3. The molecule has 4 atom stereocenters. The first-order valence-electron chi connectivity index (χ1n) is 5.44. The van der Waals surface area contributed by atoms with Crippen LogP contribution >= 0.6 is 0 Å². The lowest BCUT2D eigenvalue weighted by molar-refractivity contribution is -0.239. The molecule has 2 heterocycles. The number of nitrogens with one attached hydrogen (secondary N) is 1. The van der Waals surface area contributed by atoms with Gasteiger partial charge in [-0.1, -0.05) is 0 Å². The Morgan fingerprint density at radius 2 is 2.28 bits per heavy atom. The minimum absolute atomic E-state index is 0.189. The van der Waals surface area contributed by atoms with Crippen molar-refractivity contribution in [3.05, 3.63) is 33.1 Å². The molecule has 1 aliphatic rings. The van der Waals surface area contributed by atoms with Crippen LogP contribution in [0.3, 0.4) is 0 Å². The van der Waals surface area contributed by atoms with Crippen molar-refractivity contribution >= 4 is 0 Å². The first kappa shape index (κ1) is 11.5. The highest BCUT2D eigenvalue weighted by Crippen LogP contribution is 2.35. The number of hydrogen-bond donors (Lipinski definition) is 4. The quantitative estimate of drug-likeness (QED) is 0.458. The number of hydrogen-bond acceptors (Lipinski definition) is 6. The molecule has 0 bridgehead atoms. The predicted octanol–water partition coefficient (Wildman–Crippen LogP) is -2.77. The normalized spacial score (nSPS) is 40.8. The monoisotopic (exact) mass is 263 g/mol. The van der Waals surface area contributed by atoms with Crippen LogP contribution in [-0.4, -0.2) is 49.8 Å². The van der Waals surface area contributed by atoms with E-state index in [1.807, 2.05) is 0 Å². The number of ether oxygens (including phenoxy) is 1. The van der Waals surface area contributed by atoms with E-state index >= 15 is 0 Å². The summed E-state index contributed by atoms with van der Waals surface area (Å²) in [6.07, 6.45) is -6.36. The average molecular weight is 263 g/mol. The molecule has 1 aromatic rings. The number of aromatic nitrogens is 2. The van der Waals surface area contributed by atoms with Crippen molar-refractivity contribution in [2.24, 2.45) is 0 Å². The molecule has 0 spiro atoms. The van der Waals surface area contributed by atoms with Crippen LogP contribution < -0.4 is 11.2 Å². The smallest absolute Gasteiger partial charge is 0.332 e. The van der Waals surface area contributed by atoms with Gasteiger partial charge in [0.25, 0.3) is 5.56 Å². The molecule has 1 aromatic heterocycles. The maximum atomic E-state index is 14.5. The van der Waals surface area contributed by atoms with E-state index in [2.05, 4.69) is 4.74 Å². The van der Waals surface area contributed by atoms with E-state index in [4.69, 9.17) is 6.48 Å². The van der Waals surface area contributed by atoms with E-state index in [1.54, 1.807) is 4.98 Å². The van der Waals surface area contributed by atoms with Gasteiger partial charge in [0, 0.05) is 12.3 Å². The van der Waals surface area contributed by atoms with Gasteiger partial charge in [0.2, 0.25) is 0 Å². The number of halogens is 1. The molecule has 0 aliphatic carbocycles. The molecule has 100 valence electrons. The fourth-order valence-electron chi connectivity index (χ4n) is 1.66. The summed E-state index contributed by atoms with van der Waals surface area (Å²) < 4.78 is 26.7. The first-order chi connectivity index (χ1) is 8.73. The molecule has 1 aliphatic heterocycles. The van der Waals surface area contributed by atoms with E-state index in [0.29, 0.717) is 6.20 Å². The zero-order valence-electron chi connectivity index (χ0n) is 9.91. The van der Waals surface area contributed by atoms with Gasteiger partial charge in [0.1, 0.15) is 12.2 Å². The van der Waals surface area contributed by atoms with Crippen LogP contribution in [0.4, 0.5) is 4.39 Å². The van der Waals surface area contributed by atoms with E-state index < -0.39 is 42.1 Å². The summed E-state index contributed by atoms with van der Waals surface area (Å²) >= 11 is 0. The van der Waals surface area contributed by atoms with Crippen molar-refractivity contribution in [1.82, 2.24) is 9.55 Å². The number of alkyl halides is 1. The largest absolute Gasteiger partial charge is 0.394 e. The van der Waals surface area contributed by atoms with E-state index in [1.165, 1.54) is 0 Å². The third-order valence-electron chi connectivity index (χ3n) is 2.57. The molecule has 0 saturated carbocycles. The highest BCUT2D eigenvalue weighted by atomic mass is 19.2. The van der Waals surface area contributed by atoms with Crippen LogP contribution in [0.5, 0.6) is 0 Å². The van der Waals surface area contributed by atoms with Crippen molar-refractivity contribution in [3.8, 4) is 0 Å². The summed E-state index contributed by atoms with van der Waals surface area (Å²) in [5.41, 5.74) is -2.03. The number of aliphatic hydroxyl groups excluding tert-OH is 2. The van der Waals surface area contributed by atoms with Crippen molar-refractivity contribution in [3.63, 3.8) is 0 Å². The Balaban J connectivity index is 2.55. The summed E-state index contributed by atoms with van der Waals surface area (Å²) in [7, 11) is 0. The Kier molecular flexibility index (Phi) is 2.74. The van der Waals surface area contributed by atoms with Crippen LogP contribution in [0.2, 0.25) is 0 Å². The third kappa shape index (κ3) is 1.77. The highest BCUT2D eigenvalue weighted by molar-refractivity contribution is 4.96. The van der Waals surface area contributed by atoms with E-state index in [0.717, 1.165) is 6.07 Å². The molecule has 1 saturated heterocycles. The summed E-state index contributed by atoms with van der Waals surface area (Å²) in [6.45, 7) is -0.944. The Labute approximate surface area is 100 Å². The van der Waals surface area contributed by atoms with Crippen LogP contribution in [0.25, 0.3) is 0 Å². The fraction of sp³-hybridized carbons (Fsp3) is 0.556. The van der Waals surface area contributed by atoms with Crippen molar-refractivity contribution < 1.29 is 25.8 Å². The van der Waals surface area contributed by atoms with E-state index in [-0.39, 0.29) is 4.57 Å². The van der Waals surface area contributed by atoms with Gasteiger partial charge in [-0.3, -0.25) is 9.78 Å². The minimum atomic E-state index is -3.27. The highest BCUT2D eigenvalue weighted by Gasteiger charge is 2.57. The van der Waals surface area contributed by atoms with E-state index in [9.17, 15) is 24.2 Å². The Morgan fingerprint density at radius 1 is 1.61 bits per heavy atom. The van der Waals surface area contributed by atoms with Gasteiger partial charge in [-0.25, -0.2) is 9.36 Å². The molecule has 4 N–H and O–H groups in total. The van der Waals surface area contributed by atoms with Gasteiger partial charge in [-0.05, 0) is 0 Å². The molecule has 2 rings (SSSR count). The number of rotatable bonds is 2. The van der Waals surface area contributed by atoms with Crippen molar-refractivity contribution in [2.45, 2.75) is 24.3 Å². The number of nitrogens with zero attached hydrogens (tertiary/aromatic N) is 1. The maximum Gasteiger partial charge on any atom is 0.332 e. The zero-order valence-corrected chi connectivity index (χ0v) is 8.91. The van der Waals surface area contributed by atoms with Crippen LogP contribution in [0.1, 0.15) is 1.37 Å². The molecular formula is C9H11FN2O6. The number of aromatic amines is 1. The Hall–Kier alpha value is -1.55. The molecule has 0 amide bonds. The lowest BCUT2D eigenvalue weighted by Crippen LogP contribution is -2.48. The second kappa shape index (κ2) is 4.28. The lowest BCUT2D eigenvalue weighted by atomic mass is 10.1. The molecule has 0 radical (unpaired) electrons. The molecular weight excluding hydrogens is 251 g/mol. The van der Waals surface area contributed by atoms with Gasteiger partial charge in [-0.2, -0.15) is 4.39 Å². The first-order valence-corrected chi connectivity index (χ1v) is 4.94. The molecule has 1 fully saturated rings. The van der Waals surface area contributed by atoms with Gasteiger partial charge < -0.3 is 20.1 Å². The maximum absolute atomic E-state index is 14.5. The van der Waals surface area contributed by atoms with Crippen LogP contribution in [0, 0.1) is 0 Å². The van der Waals surface area contributed by atoms with Gasteiger partial charge in [-0.15, -0.1) is 0 Å². The van der Waals surface area contributed by atoms with Gasteiger partial charge in [0.15, 0.2) is 6.10 Å². The SMILES string of the molecule is [2H][C@]1(O)[C@@H](O)[C@](F)(n2ccc(=O)[nH]c2=O)O[C@@H]1CO. The Morgan fingerprint density at radius 3 is 2.78 bits per heavy atom. The molecule has 18 heavy (non-hydrogen) atoms. The number of H-pyrrole nitrogens is 1. The van der Waals surface area contributed by atoms with Gasteiger partial charge in [0.05, 0.1) is 7.98 Å². The summed E-state index contributed by atoms with van der Waals surface area (Å²) in [5.74, 6) is -3.27. The fourth-order valence-corrected chi connectivity index (χ4v) is 1.66. The average Bonchev–Trinajstić information content (AvgIpc) is 2.50.